The van der Waals surface area contributed by atoms with Crippen molar-refractivity contribution in [2.24, 2.45) is 0 Å². The van der Waals surface area contributed by atoms with Gasteiger partial charge in [-0.05, 0) is 18.4 Å². The number of ether oxygens (including phenoxy) is 1. The van der Waals surface area contributed by atoms with Gasteiger partial charge in [0.05, 0.1) is 6.61 Å². The van der Waals surface area contributed by atoms with E-state index < -0.39 is 0 Å². The van der Waals surface area contributed by atoms with Crippen molar-refractivity contribution in [1.29, 1.82) is 0 Å². The molecule has 0 radical (unpaired) electrons. The molecular weight excluding hydrogens is 382 g/mol. The lowest BCUT2D eigenvalue weighted by Crippen LogP contribution is -2.44. The van der Waals surface area contributed by atoms with Crippen molar-refractivity contribution < 1.29 is 14.3 Å². The van der Waals surface area contributed by atoms with Crippen molar-refractivity contribution in [3.8, 4) is 0 Å². The largest absolute Gasteiger partial charge is 0.383 e. The van der Waals surface area contributed by atoms with Gasteiger partial charge in [-0.1, -0.05) is 30.3 Å². The van der Waals surface area contributed by atoms with Crippen LogP contribution in [0.3, 0.4) is 0 Å². The molecular formula is C22H29N5O3. The Morgan fingerprint density at radius 3 is 2.67 bits per heavy atom. The van der Waals surface area contributed by atoms with E-state index in [-0.39, 0.29) is 17.9 Å². The number of hydrogen-bond acceptors (Lipinski definition) is 5. The van der Waals surface area contributed by atoms with Crippen LogP contribution < -0.4 is 5.32 Å². The number of methoxy groups -OCH3 is 1. The van der Waals surface area contributed by atoms with Gasteiger partial charge in [-0.2, -0.15) is 0 Å². The second kappa shape index (κ2) is 9.40. The molecule has 3 heterocycles. The normalized spacial score (nSPS) is 17.8. The van der Waals surface area contributed by atoms with Crippen molar-refractivity contribution in [3.05, 3.63) is 53.6 Å². The van der Waals surface area contributed by atoms with Crippen molar-refractivity contribution in [1.82, 2.24) is 24.7 Å². The van der Waals surface area contributed by atoms with Gasteiger partial charge in [0.2, 0.25) is 0 Å². The highest BCUT2D eigenvalue weighted by Crippen LogP contribution is 2.16. The van der Waals surface area contributed by atoms with Crippen molar-refractivity contribution in [2.45, 2.75) is 32.0 Å². The van der Waals surface area contributed by atoms with Gasteiger partial charge in [0.25, 0.3) is 11.8 Å². The van der Waals surface area contributed by atoms with E-state index in [1.807, 2.05) is 6.07 Å². The van der Waals surface area contributed by atoms with Gasteiger partial charge in [-0.15, -0.1) is 0 Å². The molecule has 2 aromatic rings. The molecule has 0 bridgehead atoms. The van der Waals surface area contributed by atoms with E-state index in [4.69, 9.17) is 4.74 Å². The van der Waals surface area contributed by atoms with Crippen LogP contribution in [0.5, 0.6) is 0 Å². The second-order valence-corrected chi connectivity index (χ2v) is 7.94. The Kier molecular flexibility index (Phi) is 6.44. The van der Waals surface area contributed by atoms with Gasteiger partial charge in [0.1, 0.15) is 5.69 Å². The number of nitrogens with zero attached hydrogens (tertiary/aromatic N) is 4. The Bertz CT molecular complexity index is 874. The predicted molar refractivity (Wildman–Crippen MR) is 112 cm³/mol. The summed E-state index contributed by atoms with van der Waals surface area (Å²) in [4.78, 5) is 33.8. The molecule has 1 aromatic carbocycles. The first-order chi connectivity index (χ1) is 14.6. The molecule has 0 unspecified atom stereocenters. The highest BCUT2D eigenvalue weighted by atomic mass is 16.5. The summed E-state index contributed by atoms with van der Waals surface area (Å²) in [7, 11) is 1.62. The molecule has 1 aromatic heterocycles. The van der Waals surface area contributed by atoms with E-state index in [2.05, 4.69) is 39.5 Å². The van der Waals surface area contributed by atoms with Gasteiger partial charge in [0, 0.05) is 58.6 Å². The standard InChI is InChI=1S/C22H29N5O3/c1-30-14-13-26-11-12-27-16-19(24-20(27)22(26)29)21(28)23-18-7-9-25(10-8-18)15-17-5-3-2-4-6-17/h2-6,16,18H,7-15H2,1H3,(H,23,28). The van der Waals surface area contributed by atoms with Crippen LogP contribution in [-0.4, -0.2) is 77.1 Å². The highest BCUT2D eigenvalue weighted by molar-refractivity contribution is 5.96. The van der Waals surface area contributed by atoms with E-state index in [0.29, 0.717) is 37.8 Å². The van der Waals surface area contributed by atoms with Crippen LogP contribution in [0.1, 0.15) is 39.5 Å². The monoisotopic (exact) mass is 411 g/mol. The fourth-order valence-electron chi connectivity index (χ4n) is 4.09. The second-order valence-electron chi connectivity index (χ2n) is 7.94. The minimum absolute atomic E-state index is 0.136. The smallest absolute Gasteiger partial charge is 0.290 e. The molecule has 1 fully saturated rings. The summed E-state index contributed by atoms with van der Waals surface area (Å²) >= 11 is 0. The molecule has 0 spiro atoms. The average molecular weight is 412 g/mol. The number of carbonyl (C=O) groups is 2. The fourth-order valence-corrected chi connectivity index (χ4v) is 4.09. The number of piperidine rings is 1. The van der Waals surface area contributed by atoms with Crippen LogP contribution >= 0.6 is 0 Å². The first-order valence-electron chi connectivity index (χ1n) is 10.6. The number of likely N-dealkylation sites (tertiary alicyclic amines) is 1. The first kappa shape index (κ1) is 20.6. The topological polar surface area (TPSA) is 79.7 Å². The van der Waals surface area contributed by atoms with Crippen LogP contribution in [0.25, 0.3) is 0 Å². The Hall–Kier alpha value is -2.71. The van der Waals surface area contributed by atoms with Crippen LogP contribution in [-0.2, 0) is 17.8 Å². The molecule has 30 heavy (non-hydrogen) atoms. The van der Waals surface area contributed by atoms with E-state index in [1.54, 1.807) is 22.8 Å². The minimum Gasteiger partial charge on any atom is -0.383 e. The molecule has 0 atom stereocenters. The Labute approximate surface area is 176 Å². The molecule has 8 nitrogen and oxygen atoms in total. The van der Waals surface area contributed by atoms with Crippen LogP contribution in [0.4, 0.5) is 0 Å². The minimum atomic E-state index is -0.199. The third-order valence-corrected chi connectivity index (χ3v) is 5.84. The molecule has 0 saturated carbocycles. The van der Waals surface area contributed by atoms with Crippen molar-refractivity contribution in [3.63, 3.8) is 0 Å². The highest BCUT2D eigenvalue weighted by Gasteiger charge is 2.29. The van der Waals surface area contributed by atoms with Gasteiger partial charge >= 0.3 is 0 Å². The number of nitrogens with one attached hydrogen (secondary N) is 1. The van der Waals surface area contributed by atoms with Crippen LogP contribution in [0, 0.1) is 0 Å². The number of benzene rings is 1. The van der Waals surface area contributed by atoms with Crippen LogP contribution in [0.2, 0.25) is 0 Å². The van der Waals surface area contributed by atoms with Crippen molar-refractivity contribution in [2.75, 3.05) is 39.9 Å². The van der Waals surface area contributed by atoms with Gasteiger partial charge < -0.3 is 19.5 Å². The predicted octanol–water partition coefficient (Wildman–Crippen LogP) is 1.38. The Morgan fingerprint density at radius 2 is 1.93 bits per heavy atom. The number of carbonyl (C=O) groups excluding carboxylic acids is 2. The number of fused-ring (bicyclic) bond motifs is 1. The van der Waals surface area contributed by atoms with Gasteiger partial charge in [-0.3, -0.25) is 14.5 Å². The summed E-state index contributed by atoms with van der Waals surface area (Å²) < 4.78 is 6.84. The molecule has 1 saturated heterocycles. The number of imidazole rings is 1. The molecule has 8 heteroatoms. The maximum atomic E-state index is 12.7. The van der Waals surface area contributed by atoms with Gasteiger partial charge in [-0.25, -0.2) is 4.98 Å². The summed E-state index contributed by atoms with van der Waals surface area (Å²) in [5, 5.41) is 3.10. The Balaban J connectivity index is 1.30. The lowest BCUT2D eigenvalue weighted by Gasteiger charge is -2.32. The van der Waals surface area contributed by atoms with E-state index >= 15 is 0 Å². The molecule has 0 aliphatic carbocycles. The summed E-state index contributed by atoms with van der Waals surface area (Å²) in [6.45, 7) is 5.11. The molecule has 2 aliphatic heterocycles. The summed E-state index contributed by atoms with van der Waals surface area (Å²) in [6.07, 6.45) is 3.52. The molecule has 2 amide bonds. The van der Waals surface area contributed by atoms with Crippen molar-refractivity contribution >= 4 is 11.8 Å². The average Bonchev–Trinajstić information content (AvgIpc) is 3.21. The molecule has 4 rings (SSSR count). The lowest BCUT2D eigenvalue weighted by atomic mass is 10.0. The number of hydrogen-bond donors (Lipinski definition) is 1. The first-order valence-corrected chi connectivity index (χ1v) is 10.6. The zero-order valence-electron chi connectivity index (χ0n) is 17.4. The van der Waals surface area contributed by atoms with Crippen LogP contribution in [0.15, 0.2) is 36.5 Å². The quantitative estimate of drug-likeness (QED) is 0.745. The third-order valence-electron chi connectivity index (χ3n) is 5.84. The third kappa shape index (κ3) is 4.71. The summed E-state index contributed by atoms with van der Waals surface area (Å²) in [5.41, 5.74) is 1.63. The molecule has 1 N–H and O–H groups in total. The Morgan fingerprint density at radius 1 is 1.17 bits per heavy atom. The number of amides is 2. The lowest BCUT2D eigenvalue weighted by molar-refractivity contribution is 0.0633. The fraction of sp³-hybridized carbons (Fsp3) is 0.500. The molecule has 2 aliphatic rings. The van der Waals surface area contributed by atoms with Gasteiger partial charge in [0.15, 0.2) is 5.82 Å². The SMILES string of the molecule is COCCN1CCn2cc(C(=O)NC3CCN(Cc4ccccc4)CC3)nc2C1=O. The maximum Gasteiger partial charge on any atom is 0.290 e. The maximum absolute atomic E-state index is 12.7. The van der Waals surface area contributed by atoms with E-state index in [9.17, 15) is 9.59 Å². The summed E-state index contributed by atoms with van der Waals surface area (Å²) in [6, 6.07) is 10.6. The number of rotatable bonds is 7. The van der Waals surface area contributed by atoms with E-state index in [1.165, 1.54) is 5.56 Å². The molecule has 160 valence electrons. The summed E-state index contributed by atoms with van der Waals surface area (Å²) in [5.74, 6) is -0.0126. The number of aromatic nitrogens is 2. The zero-order chi connectivity index (χ0) is 20.9. The van der Waals surface area contributed by atoms with E-state index in [0.717, 1.165) is 32.5 Å². The zero-order valence-corrected chi connectivity index (χ0v) is 17.4.